The number of hydrogen-bond acceptors (Lipinski definition) is 7. The molecule has 1 aliphatic carbocycles. The highest BCUT2D eigenvalue weighted by atomic mass is 31.1. The minimum Gasteiger partial charge on any atom is -0.466 e. The van der Waals surface area contributed by atoms with E-state index >= 15 is 0 Å². The Bertz CT molecular complexity index is 998. The Morgan fingerprint density at radius 3 is 2.66 bits per heavy atom. The summed E-state index contributed by atoms with van der Waals surface area (Å²) in [5.41, 5.74) is 1.63. The Morgan fingerprint density at radius 2 is 2.00 bits per heavy atom. The number of rotatable bonds is 7. The molecule has 0 bridgehead atoms. The van der Waals surface area contributed by atoms with Gasteiger partial charge in [0, 0.05) is 18.2 Å². The van der Waals surface area contributed by atoms with Gasteiger partial charge in [0.15, 0.2) is 5.78 Å². The molecule has 0 aliphatic heterocycles. The number of carbonyl (C=O) groups is 3. The Kier molecular flexibility index (Phi) is 6.30. The van der Waals surface area contributed by atoms with Crippen LogP contribution in [0.5, 0.6) is 0 Å². The topological polar surface area (TPSA) is 125 Å². The average molecular weight is 420 g/mol. The fraction of sp³-hybridized carbons (Fsp3) is 0.368. The summed E-state index contributed by atoms with van der Waals surface area (Å²) in [6.07, 6.45) is 1.49. The van der Waals surface area contributed by atoms with Gasteiger partial charge in [-0.05, 0) is 25.0 Å². The molecule has 3 rings (SSSR count). The summed E-state index contributed by atoms with van der Waals surface area (Å²) >= 11 is 0. The Morgan fingerprint density at radius 1 is 1.28 bits per heavy atom. The van der Waals surface area contributed by atoms with E-state index in [4.69, 9.17) is 9.47 Å². The van der Waals surface area contributed by atoms with Crippen LogP contribution >= 0.6 is 8.03 Å². The smallest absolute Gasteiger partial charge is 0.374 e. The monoisotopic (exact) mass is 420 g/mol. The number of imidazole rings is 1. The minimum absolute atomic E-state index is 0.0290. The van der Waals surface area contributed by atoms with Crippen LogP contribution in [0.2, 0.25) is 0 Å². The van der Waals surface area contributed by atoms with Crippen LogP contribution in [-0.4, -0.2) is 45.4 Å². The molecule has 10 heteroatoms. The highest BCUT2D eigenvalue weighted by molar-refractivity contribution is 7.47. The van der Waals surface area contributed by atoms with E-state index in [1.807, 2.05) is 0 Å². The first-order chi connectivity index (χ1) is 13.9. The summed E-state index contributed by atoms with van der Waals surface area (Å²) in [5, 5.41) is 0. The van der Waals surface area contributed by atoms with E-state index in [1.54, 1.807) is 32.0 Å². The van der Waals surface area contributed by atoms with Crippen LogP contribution in [0.25, 0.3) is 0 Å². The lowest BCUT2D eigenvalue weighted by molar-refractivity contribution is -0.142. The van der Waals surface area contributed by atoms with Gasteiger partial charge in [-0.1, -0.05) is 18.2 Å². The number of ketones is 1. The Hall–Kier alpha value is -2.77. The van der Waals surface area contributed by atoms with Crippen molar-refractivity contribution in [1.82, 2.24) is 9.55 Å². The summed E-state index contributed by atoms with van der Waals surface area (Å²) in [6, 6.07) is 4.27. The summed E-state index contributed by atoms with van der Waals surface area (Å²) < 4.78 is 22.8. The highest BCUT2D eigenvalue weighted by Gasteiger charge is 2.36. The maximum absolute atomic E-state index is 13.0. The van der Waals surface area contributed by atoms with Gasteiger partial charge in [-0.15, -0.1) is 0 Å². The molecule has 0 amide bonds. The Labute approximate surface area is 167 Å². The third-order valence-electron chi connectivity index (χ3n) is 4.62. The first-order valence-corrected chi connectivity index (χ1v) is 10.5. The quantitative estimate of drug-likeness (QED) is 0.524. The van der Waals surface area contributed by atoms with Gasteiger partial charge < -0.3 is 18.9 Å². The van der Waals surface area contributed by atoms with Gasteiger partial charge in [-0.3, -0.25) is 14.2 Å². The van der Waals surface area contributed by atoms with Crippen molar-refractivity contribution in [3.8, 4) is 0 Å². The van der Waals surface area contributed by atoms with Crippen LogP contribution in [-0.2, 0) is 31.7 Å². The van der Waals surface area contributed by atoms with E-state index in [9.17, 15) is 23.8 Å². The molecule has 9 nitrogen and oxygen atoms in total. The van der Waals surface area contributed by atoms with Gasteiger partial charge in [-0.2, -0.15) is 0 Å². The third kappa shape index (κ3) is 4.16. The van der Waals surface area contributed by atoms with Crippen molar-refractivity contribution >= 4 is 31.2 Å². The summed E-state index contributed by atoms with van der Waals surface area (Å²) in [5.74, 6) is -1.64. The molecule has 154 valence electrons. The van der Waals surface area contributed by atoms with Crippen molar-refractivity contribution in [2.75, 3.05) is 13.2 Å². The van der Waals surface area contributed by atoms with Crippen LogP contribution in [0, 0.1) is 0 Å². The molecule has 0 spiro atoms. The molecular formula is C19H21N2O7P. The molecule has 29 heavy (non-hydrogen) atoms. The molecule has 0 saturated heterocycles. The summed E-state index contributed by atoms with van der Waals surface area (Å²) in [4.78, 5) is 50.5. The van der Waals surface area contributed by atoms with E-state index in [2.05, 4.69) is 4.98 Å². The lowest BCUT2D eigenvalue weighted by Gasteiger charge is -2.13. The van der Waals surface area contributed by atoms with E-state index in [1.165, 1.54) is 10.8 Å². The standard InChI is InChI=1S/C19H21N2O7P/c1-3-27-16(22)8-11-6-5-7-12-13(11)9-14(17(12)23)21-10-15(29(25)26)20-18(21)19(24)28-4-2/h5-7,10,14,29H,3-4,8-9H2,1-2H3,(H,25,26). The van der Waals surface area contributed by atoms with E-state index < -0.39 is 26.0 Å². The predicted octanol–water partition coefficient (Wildman–Crippen LogP) is 1.24. The van der Waals surface area contributed by atoms with Gasteiger partial charge in [-0.25, -0.2) is 9.78 Å². The van der Waals surface area contributed by atoms with E-state index in [-0.39, 0.29) is 43.1 Å². The van der Waals surface area contributed by atoms with Crippen molar-refractivity contribution in [2.24, 2.45) is 0 Å². The second-order valence-corrected chi connectivity index (χ2v) is 7.51. The second kappa shape index (κ2) is 8.71. The molecule has 1 heterocycles. The number of fused-ring (bicyclic) bond motifs is 1. The largest absolute Gasteiger partial charge is 0.466 e. The first kappa shape index (κ1) is 21.0. The number of Topliss-reactive ketones (excluding diaryl/α,β-unsaturated/α-hetero) is 1. The molecule has 1 aromatic carbocycles. The summed E-state index contributed by atoms with van der Waals surface area (Å²) in [6.45, 7) is 3.70. The van der Waals surface area contributed by atoms with Gasteiger partial charge >= 0.3 is 11.9 Å². The number of nitrogens with zero attached hydrogens (tertiary/aromatic N) is 2. The van der Waals surface area contributed by atoms with Crippen molar-refractivity contribution in [3.05, 3.63) is 46.9 Å². The minimum atomic E-state index is -3.17. The van der Waals surface area contributed by atoms with E-state index in [0.29, 0.717) is 16.7 Å². The van der Waals surface area contributed by atoms with Gasteiger partial charge in [0.05, 0.1) is 19.6 Å². The molecule has 1 aromatic heterocycles. The molecule has 2 unspecified atom stereocenters. The van der Waals surface area contributed by atoms with Gasteiger partial charge in [0.2, 0.25) is 13.9 Å². The summed E-state index contributed by atoms with van der Waals surface area (Å²) in [7, 11) is -3.17. The zero-order valence-electron chi connectivity index (χ0n) is 16.0. The molecule has 1 aliphatic rings. The fourth-order valence-electron chi connectivity index (χ4n) is 3.41. The van der Waals surface area contributed by atoms with Crippen LogP contribution < -0.4 is 5.44 Å². The van der Waals surface area contributed by atoms with Crippen LogP contribution in [0.1, 0.15) is 52.0 Å². The number of esters is 2. The SMILES string of the molecule is CCOC(=O)Cc1cccc2c1CC(n1cc([PH](=O)O)nc1C(=O)OCC)C2=O. The number of carbonyl (C=O) groups excluding carboxylic acids is 3. The zero-order chi connectivity index (χ0) is 21.1. The second-order valence-electron chi connectivity index (χ2n) is 6.39. The normalized spacial score (nSPS) is 16.4. The maximum Gasteiger partial charge on any atom is 0.374 e. The average Bonchev–Trinajstić information content (AvgIpc) is 3.25. The highest BCUT2D eigenvalue weighted by Crippen LogP contribution is 2.34. The lowest BCUT2D eigenvalue weighted by atomic mass is 10.0. The third-order valence-corrected chi connectivity index (χ3v) is 5.30. The molecule has 1 N–H and O–H groups in total. The number of hydrogen-bond donors (Lipinski definition) is 1. The maximum atomic E-state index is 13.0. The van der Waals surface area contributed by atoms with Crippen molar-refractivity contribution in [1.29, 1.82) is 0 Å². The number of aromatic nitrogens is 2. The fourth-order valence-corrected chi connectivity index (χ4v) is 3.86. The van der Waals surface area contributed by atoms with Crippen molar-refractivity contribution in [2.45, 2.75) is 32.7 Å². The number of ether oxygens (including phenoxy) is 2. The zero-order valence-corrected chi connectivity index (χ0v) is 17.0. The molecular weight excluding hydrogens is 399 g/mol. The predicted molar refractivity (Wildman–Crippen MR) is 103 cm³/mol. The van der Waals surface area contributed by atoms with Gasteiger partial charge in [0.1, 0.15) is 11.5 Å². The van der Waals surface area contributed by atoms with E-state index in [0.717, 1.165) is 0 Å². The van der Waals surface area contributed by atoms with Gasteiger partial charge in [0.25, 0.3) is 0 Å². The number of benzene rings is 1. The molecule has 2 atom stereocenters. The molecule has 2 aromatic rings. The Balaban J connectivity index is 1.99. The first-order valence-electron chi connectivity index (χ1n) is 9.17. The van der Waals surface area contributed by atoms with Crippen molar-refractivity contribution in [3.63, 3.8) is 0 Å². The van der Waals surface area contributed by atoms with Crippen LogP contribution in [0.4, 0.5) is 0 Å². The molecule has 0 fully saturated rings. The van der Waals surface area contributed by atoms with Crippen molar-refractivity contribution < 1.29 is 33.3 Å². The molecule has 0 saturated carbocycles. The molecule has 0 radical (unpaired) electrons. The van der Waals surface area contributed by atoms with Crippen LogP contribution in [0.3, 0.4) is 0 Å². The lowest BCUT2D eigenvalue weighted by Crippen LogP contribution is -2.21. The van der Waals surface area contributed by atoms with Crippen LogP contribution in [0.15, 0.2) is 24.4 Å².